The number of rotatable bonds is 13. The minimum absolute atomic E-state index is 0.0458. The fourth-order valence-corrected chi connectivity index (χ4v) is 3.86. The van der Waals surface area contributed by atoms with Crippen molar-refractivity contribution in [2.24, 2.45) is 29.1 Å². The lowest BCUT2D eigenvalue weighted by Gasteiger charge is -2.41. The highest BCUT2D eigenvalue weighted by molar-refractivity contribution is 4.86. The first-order chi connectivity index (χ1) is 10.4. The van der Waals surface area contributed by atoms with Crippen molar-refractivity contribution < 1.29 is 20.4 Å². The van der Waals surface area contributed by atoms with Crippen LogP contribution < -0.4 is 0 Å². The first kappa shape index (κ1) is 21.8. The Labute approximate surface area is 136 Å². The van der Waals surface area contributed by atoms with Crippen LogP contribution in [0, 0.1) is 29.1 Å². The van der Waals surface area contributed by atoms with E-state index in [0.29, 0.717) is 0 Å². The lowest BCUT2D eigenvalue weighted by atomic mass is 9.64. The Bertz CT molecular complexity index is 235. The summed E-state index contributed by atoms with van der Waals surface area (Å²) in [5.41, 5.74) is -0.0458. The Balaban J connectivity index is 5.35. The van der Waals surface area contributed by atoms with Crippen molar-refractivity contribution in [3.8, 4) is 0 Å². The molecule has 134 valence electrons. The third-order valence-electron chi connectivity index (χ3n) is 4.84. The minimum atomic E-state index is -0.0458. The molecule has 0 amide bonds. The second kappa shape index (κ2) is 11.4. The average molecular weight is 318 g/mol. The van der Waals surface area contributed by atoms with Gasteiger partial charge in [-0.25, -0.2) is 0 Å². The topological polar surface area (TPSA) is 80.9 Å². The molecule has 0 aromatic carbocycles. The van der Waals surface area contributed by atoms with E-state index in [4.69, 9.17) is 0 Å². The van der Waals surface area contributed by atoms with Gasteiger partial charge in [-0.3, -0.25) is 0 Å². The van der Waals surface area contributed by atoms with Crippen molar-refractivity contribution in [1.82, 2.24) is 0 Å². The second-order valence-electron chi connectivity index (χ2n) is 7.64. The summed E-state index contributed by atoms with van der Waals surface area (Å²) >= 11 is 0. The maximum absolute atomic E-state index is 9.62. The van der Waals surface area contributed by atoms with Gasteiger partial charge in [-0.05, 0) is 54.8 Å². The molecule has 0 rings (SSSR count). The van der Waals surface area contributed by atoms with E-state index in [9.17, 15) is 20.4 Å². The van der Waals surface area contributed by atoms with E-state index < -0.39 is 0 Å². The molecule has 0 bridgehead atoms. The van der Waals surface area contributed by atoms with Crippen LogP contribution in [0.25, 0.3) is 0 Å². The third kappa shape index (κ3) is 7.91. The van der Waals surface area contributed by atoms with Gasteiger partial charge in [0.25, 0.3) is 0 Å². The van der Waals surface area contributed by atoms with E-state index in [1.54, 1.807) is 0 Å². The summed E-state index contributed by atoms with van der Waals surface area (Å²) in [4.78, 5) is 0. The molecule has 0 aliphatic carbocycles. The summed E-state index contributed by atoms with van der Waals surface area (Å²) in [7, 11) is 0. The van der Waals surface area contributed by atoms with E-state index in [-0.39, 0.29) is 55.5 Å². The Morgan fingerprint density at radius 3 is 1.23 bits per heavy atom. The molecule has 4 nitrogen and oxygen atoms in total. The number of hydrogen-bond donors (Lipinski definition) is 4. The van der Waals surface area contributed by atoms with Gasteiger partial charge >= 0.3 is 0 Å². The van der Waals surface area contributed by atoms with Crippen molar-refractivity contribution in [2.75, 3.05) is 26.4 Å². The molecule has 0 aromatic rings. The van der Waals surface area contributed by atoms with Crippen LogP contribution >= 0.6 is 0 Å². The Hall–Kier alpha value is -0.160. The van der Waals surface area contributed by atoms with Crippen LogP contribution in [-0.4, -0.2) is 46.9 Å². The van der Waals surface area contributed by atoms with E-state index >= 15 is 0 Å². The summed E-state index contributed by atoms with van der Waals surface area (Å²) in [6.45, 7) is 8.85. The molecule has 0 aliphatic heterocycles. The first-order valence-corrected chi connectivity index (χ1v) is 8.79. The third-order valence-corrected chi connectivity index (χ3v) is 4.84. The van der Waals surface area contributed by atoms with Crippen molar-refractivity contribution in [3.63, 3.8) is 0 Å². The van der Waals surface area contributed by atoms with Gasteiger partial charge in [-0.1, -0.05) is 34.1 Å². The normalized spacial score (nSPS) is 20.2. The van der Waals surface area contributed by atoms with Crippen molar-refractivity contribution in [2.45, 2.75) is 59.8 Å². The Morgan fingerprint density at radius 1 is 0.636 bits per heavy atom. The lowest BCUT2D eigenvalue weighted by molar-refractivity contribution is 0.0424. The van der Waals surface area contributed by atoms with Crippen molar-refractivity contribution in [1.29, 1.82) is 0 Å². The van der Waals surface area contributed by atoms with Gasteiger partial charge < -0.3 is 20.4 Å². The molecule has 0 aliphatic rings. The highest BCUT2D eigenvalue weighted by atomic mass is 16.3. The molecule has 0 spiro atoms. The summed E-state index contributed by atoms with van der Waals surface area (Å²) < 4.78 is 0. The maximum atomic E-state index is 9.62. The molecule has 0 aromatic heterocycles. The van der Waals surface area contributed by atoms with Crippen LogP contribution in [0.2, 0.25) is 0 Å². The van der Waals surface area contributed by atoms with Gasteiger partial charge in [0.1, 0.15) is 0 Å². The van der Waals surface area contributed by atoms with Gasteiger partial charge in [0, 0.05) is 26.4 Å². The molecule has 0 saturated carbocycles. The Morgan fingerprint density at radius 2 is 1.00 bits per heavy atom. The molecule has 4 atom stereocenters. The lowest BCUT2D eigenvalue weighted by Crippen LogP contribution is -2.33. The summed E-state index contributed by atoms with van der Waals surface area (Å²) in [6, 6.07) is 0. The standard InChI is InChI=1S/C18H38O4/c1-5-17(13-22)9-18(6-14(2)10-19,7-15(3)11-20)8-16(4)12-21/h14-17,19-22H,5-13H2,1-4H3. The van der Waals surface area contributed by atoms with Gasteiger partial charge in [0.05, 0.1) is 0 Å². The monoisotopic (exact) mass is 318 g/mol. The van der Waals surface area contributed by atoms with Crippen LogP contribution in [0.3, 0.4) is 0 Å². The van der Waals surface area contributed by atoms with Crippen LogP contribution in [0.1, 0.15) is 59.8 Å². The van der Waals surface area contributed by atoms with Gasteiger partial charge in [0.2, 0.25) is 0 Å². The molecule has 0 radical (unpaired) electrons. The molecular weight excluding hydrogens is 280 g/mol. The number of aliphatic hydroxyl groups is 4. The smallest absolute Gasteiger partial charge is 0.0459 e. The van der Waals surface area contributed by atoms with Gasteiger partial charge in [-0.2, -0.15) is 0 Å². The number of aliphatic hydroxyl groups excluding tert-OH is 4. The van der Waals surface area contributed by atoms with Crippen LogP contribution in [-0.2, 0) is 0 Å². The molecule has 4 N–H and O–H groups in total. The van der Waals surface area contributed by atoms with Crippen LogP contribution in [0.15, 0.2) is 0 Å². The average Bonchev–Trinajstić information content (AvgIpc) is 2.51. The molecule has 0 heterocycles. The molecule has 4 unspecified atom stereocenters. The Kier molecular flexibility index (Phi) is 11.3. The zero-order valence-electron chi connectivity index (χ0n) is 15.0. The van der Waals surface area contributed by atoms with Crippen LogP contribution in [0.4, 0.5) is 0 Å². The molecule has 4 heteroatoms. The van der Waals surface area contributed by atoms with E-state index in [1.807, 2.05) is 20.8 Å². The zero-order valence-corrected chi connectivity index (χ0v) is 15.0. The maximum Gasteiger partial charge on any atom is 0.0459 e. The second-order valence-corrected chi connectivity index (χ2v) is 7.64. The molecular formula is C18H38O4. The highest BCUT2D eigenvalue weighted by Gasteiger charge is 2.36. The minimum Gasteiger partial charge on any atom is -0.396 e. The summed E-state index contributed by atoms with van der Waals surface area (Å²) in [6.07, 6.45) is 4.42. The molecule has 0 saturated heterocycles. The molecule has 22 heavy (non-hydrogen) atoms. The summed E-state index contributed by atoms with van der Waals surface area (Å²) in [5.74, 6) is 0.802. The van der Waals surface area contributed by atoms with Crippen LogP contribution in [0.5, 0.6) is 0 Å². The quantitative estimate of drug-likeness (QED) is 0.420. The number of hydrogen-bond acceptors (Lipinski definition) is 4. The van der Waals surface area contributed by atoms with Gasteiger partial charge in [0.15, 0.2) is 0 Å². The summed E-state index contributed by atoms with van der Waals surface area (Å²) in [5, 5.41) is 38.1. The van der Waals surface area contributed by atoms with E-state index in [1.165, 1.54) is 0 Å². The van der Waals surface area contributed by atoms with Crippen molar-refractivity contribution >= 4 is 0 Å². The predicted octanol–water partition coefficient (Wildman–Crippen LogP) is 2.44. The fourth-order valence-electron chi connectivity index (χ4n) is 3.86. The van der Waals surface area contributed by atoms with E-state index in [0.717, 1.165) is 32.1 Å². The predicted molar refractivity (Wildman–Crippen MR) is 90.5 cm³/mol. The van der Waals surface area contributed by atoms with Crippen molar-refractivity contribution in [3.05, 3.63) is 0 Å². The fraction of sp³-hybridized carbons (Fsp3) is 1.00. The van der Waals surface area contributed by atoms with Gasteiger partial charge in [-0.15, -0.1) is 0 Å². The zero-order chi connectivity index (χ0) is 17.2. The SMILES string of the molecule is CCC(CO)CC(CC(C)CO)(CC(C)CO)CC(C)CO. The van der Waals surface area contributed by atoms with E-state index in [2.05, 4.69) is 6.92 Å². The first-order valence-electron chi connectivity index (χ1n) is 8.79. The largest absolute Gasteiger partial charge is 0.396 e. The highest BCUT2D eigenvalue weighted by Crippen LogP contribution is 2.45. The molecule has 0 fully saturated rings.